The molecule has 146 valence electrons. The summed E-state index contributed by atoms with van der Waals surface area (Å²) in [5, 5.41) is 16.8. The summed E-state index contributed by atoms with van der Waals surface area (Å²) in [7, 11) is 0. The van der Waals surface area contributed by atoms with E-state index in [4.69, 9.17) is 0 Å². The summed E-state index contributed by atoms with van der Waals surface area (Å²) in [4.78, 5) is 14.8. The van der Waals surface area contributed by atoms with Gasteiger partial charge in [-0.15, -0.1) is 0 Å². The molecule has 2 aromatic rings. The quantitative estimate of drug-likeness (QED) is 0.871. The SMILES string of the molecule is O=C(CN1CCC(C(O)c2ccccc2)CC1)N1CCC(c2ccccc2)=N1. The number of aliphatic hydroxyl groups is 1. The van der Waals surface area contributed by atoms with Gasteiger partial charge >= 0.3 is 0 Å². The zero-order chi connectivity index (χ0) is 19.3. The Hall–Kier alpha value is -2.50. The number of nitrogens with zero attached hydrogens (tertiary/aromatic N) is 3. The Morgan fingerprint density at radius 3 is 2.32 bits per heavy atom. The van der Waals surface area contributed by atoms with Crippen molar-refractivity contribution in [2.24, 2.45) is 11.0 Å². The van der Waals surface area contributed by atoms with E-state index in [0.717, 1.165) is 49.2 Å². The molecule has 2 aliphatic heterocycles. The Bertz CT molecular complexity index is 814. The van der Waals surface area contributed by atoms with Crippen molar-refractivity contribution in [3.05, 3.63) is 71.8 Å². The lowest BCUT2D eigenvalue weighted by molar-refractivity contribution is -0.132. The molecule has 1 unspecified atom stereocenters. The van der Waals surface area contributed by atoms with Crippen LogP contribution in [0.25, 0.3) is 0 Å². The fourth-order valence-electron chi connectivity index (χ4n) is 4.09. The molecule has 5 heteroatoms. The van der Waals surface area contributed by atoms with Crippen LogP contribution in [0, 0.1) is 5.92 Å². The van der Waals surface area contributed by atoms with E-state index in [1.165, 1.54) is 0 Å². The average molecular weight is 377 g/mol. The number of aliphatic hydroxyl groups excluding tert-OH is 1. The second-order valence-corrected chi connectivity index (χ2v) is 7.65. The van der Waals surface area contributed by atoms with Crippen LogP contribution in [0.4, 0.5) is 0 Å². The lowest BCUT2D eigenvalue weighted by atomic mass is 9.87. The van der Waals surface area contributed by atoms with Gasteiger partial charge in [-0.3, -0.25) is 9.69 Å². The Morgan fingerprint density at radius 2 is 1.64 bits per heavy atom. The molecule has 5 nitrogen and oxygen atoms in total. The summed E-state index contributed by atoms with van der Waals surface area (Å²) in [6, 6.07) is 19.9. The summed E-state index contributed by atoms with van der Waals surface area (Å²) >= 11 is 0. The molecule has 0 saturated carbocycles. The molecule has 4 rings (SSSR count). The fraction of sp³-hybridized carbons (Fsp3) is 0.391. The predicted octanol–water partition coefficient (Wildman–Crippen LogP) is 3.07. The maximum Gasteiger partial charge on any atom is 0.256 e. The van der Waals surface area contributed by atoms with Gasteiger partial charge in [0, 0.05) is 6.42 Å². The van der Waals surface area contributed by atoms with Crippen LogP contribution in [0.2, 0.25) is 0 Å². The number of likely N-dealkylation sites (tertiary alicyclic amines) is 1. The van der Waals surface area contributed by atoms with Crippen LogP contribution in [-0.2, 0) is 4.79 Å². The molecule has 1 amide bonds. The number of carbonyl (C=O) groups is 1. The minimum absolute atomic E-state index is 0.0630. The van der Waals surface area contributed by atoms with Crippen molar-refractivity contribution in [1.82, 2.24) is 9.91 Å². The third kappa shape index (κ3) is 4.32. The molecule has 28 heavy (non-hydrogen) atoms. The standard InChI is InChI=1S/C23H27N3O2/c27-22(26-16-13-21(24-26)18-7-3-1-4-8-18)17-25-14-11-20(12-15-25)23(28)19-9-5-2-6-10-19/h1-10,20,23,28H,11-17H2. The summed E-state index contributed by atoms with van der Waals surface area (Å²) in [6.45, 7) is 2.73. The first-order valence-electron chi connectivity index (χ1n) is 10.1. The molecule has 1 N–H and O–H groups in total. The molecule has 0 aliphatic carbocycles. The van der Waals surface area contributed by atoms with Crippen LogP contribution < -0.4 is 0 Å². The number of hydrogen-bond acceptors (Lipinski definition) is 4. The topological polar surface area (TPSA) is 56.1 Å². The highest BCUT2D eigenvalue weighted by Crippen LogP contribution is 2.30. The van der Waals surface area contributed by atoms with E-state index in [9.17, 15) is 9.90 Å². The third-order valence-corrected chi connectivity index (χ3v) is 5.78. The molecule has 1 saturated heterocycles. The number of piperidine rings is 1. The molecule has 1 atom stereocenters. The van der Waals surface area contributed by atoms with Crippen molar-refractivity contribution >= 4 is 11.6 Å². The molecular weight excluding hydrogens is 350 g/mol. The lowest BCUT2D eigenvalue weighted by Gasteiger charge is -2.34. The van der Waals surface area contributed by atoms with E-state index in [2.05, 4.69) is 10.0 Å². The maximum absolute atomic E-state index is 12.7. The van der Waals surface area contributed by atoms with E-state index in [1.807, 2.05) is 60.7 Å². The molecule has 0 radical (unpaired) electrons. The van der Waals surface area contributed by atoms with Crippen molar-refractivity contribution in [2.45, 2.75) is 25.4 Å². The number of hydrogen-bond donors (Lipinski definition) is 1. The van der Waals surface area contributed by atoms with Gasteiger partial charge in [-0.05, 0) is 43.0 Å². The number of hydrazone groups is 1. The minimum atomic E-state index is -0.421. The van der Waals surface area contributed by atoms with Crippen molar-refractivity contribution in [3.8, 4) is 0 Å². The molecule has 2 heterocycles. The lowest BCUT2D eigenvalue weighted by Crippen LogP contribution is -2.42. The first-order valence-corrected chi connectivity index (χ1v) is 10.1. The van der Waals surface area contributed by atoms with Gasteiger partial charge in [0.2, 0.25) is 0 Å². The van der Waals surface area contributed by atoms with E-state index >= 15 is 0 Å². The molecule has 0 bridgehead atoms. The van der Waals surface area contributed by atoms with Crippen molar-refractivity contribution in [1.29, 1.82) is 0 Å². The van der Waals surface area contributed by atoms with Gasteiger partial charge < -0.3 is 5.11 Å². The first kappa shape index (κ1) is 18.8. The molecule has 1 fully saturated rings. The highest BCUT2D eigenvalue weighted by atomic mass is 16.3. The minimum Gasteiger partial charge on any atom is -0.388 e. The molecular formula is C23H27N3O2. The van der Waals surface area contributed by atoms with Gasteiger partial charge in [0.05, 0.1) is 24.9 Å². The van der Waals surface area contributed by atoms with Crippen LogP contribution in [0.5, 0.6) is 0 Å². The van der Waals surface area contributed by atoms with Crippen molar-refractivity contribution in [2.75, 3.05) is 26.2 Å². The highest BCUT2D eigenvalue weighted by molar-refractivity contribution is 6.02. The van der Waals surface area contributed by atoms with E-state index in [0.29, 0.717) is 13.1 Å². The summed E-state index contributed by atoms with van der Waals surface area (Å²) in [5.41, 5.74) is 3.06. The Kier molecular flexibility index (Phi) is 5.84. The first-order chi connectivity index (χ1) is 13.7. The molecule has 0 aromatic heterocycles. The van der Waals surface area contributed by atoms with Crippen LogP contribution in [-0.4, -0.2) is 52.8 Å². The van der Waals surface area contributed by atoms with Crippen LogP contribution >= 0.6 is 0 Å². The summed E-state index contributed by atoms with van der Waals surface area (Å²) in [6.07, 6.45) is 2.20. The van der Waals surface area contributed by atoms with Crippen LogP contribution in [0.1, 0.15) is 36.5 Å². The average Bonchev–Trinajstić information content (AvgIpc) is 3.26. The van der Waals surface area contributed by atoms with Crippen LogP contribution in [0.15, 0.2) is 65.8 Å². The zero-order valence-corrected chi connectivity index (χ0v) is 16.1. The summed E-state index contributed by atoms with van der Waals surface area (Å²) < 4.78 is 0. The Labute approximate surface area is 166 Å². The normalized spacial score (nSPS) is 19.5. The predicted molar refractivity (Wildman–Crippen MR) is 110 cm³/mol. The fourth-order valence-corrected chi connectivity index (χ4v) is 4.09. The molecule has 2 aliphatic rings. The Morgan fingerprint density at radius 1 is 1.00 bits per heavy atom. The number of carbonyl (C=O) groups excluding carboxylic acids is 1. The number of benzene rings is 2. The molecule has 0 spiro atoms. The summed E-state index contributed by atoms with van der Waals surface area (Å²) in [5.74, 6) is 0.316. The number of rotatable bonds is 5. The zero-order valence-electron chi connectivity index (χ0n) is 16.1. The van der Waals surface area contributed by atoms with E-state index < -0.39 is 6.10 Å². The van der Waals surface area contributed by atoms with Crippen molar-refractivity contribution in [3.63, 3.8) is 0 Å². The van der Waals surface area contributed by atoms with Gasteiger partial charge in [-0.25, -0.2) is 5.01 Å². The number of amides is 1. The van der Waals surface area contributed by atoms with Crippen molar-refractivity contribution < 1.29 is 9.90 Å². The maximum atomic E-state index is 12.7. The van der Waals surface area contributed by atoms with E-state index in [-0.39, 0.29) is 11.8 Å². The second kappa shape index (κ2) is 8.67. The molecule has 2 aromatic carbocycles. The van der Waals surface area contributed by atoms with Gasteiger partial charge in [0.25, 0.3) is 5.91 Å². The van der Waals surface area contributed by atoms with Gasteiger partial charge in [-0.1, -0.05) is 60.7 Å². The van der Waals surface area contributed by atoms with Gasteiger partial charge in [0.15, 0.2) is 0 Å². The monoisotopic (exact) mass is 377 g/mol. The third-order valence-electron chi connectivity index (χ3n) is 5.78. The van der Waals surface area contributed by atoms with E-state index in [1.54, 1.807) is 5.01 Å². The van der Waals surface area contributed by atoms with Gasteiger partial charge in [0.1, 0.15) is 0 Å². The van der Waals surface area contributed by atoms with Crippen LogP contribution in [0.3, 0.4) is 0 Å². The second-order valence-electron chi connectivity index (χ2n) is 7.65. The largest absolute Gasteiger partial charge is 0.388 e. The highest BCUT2D eigenvalue weighted by Gasteiger charge is 2.29. The Balaban J connectivity index is 1.28. The smallest absolute Gasteiger partial charge is 0.256 e. The van der Waals surface area contributed by atoms with Gasteiger partial charge in [-0.2, -0.15) is 5.10 Å².